The summed E-state index contributed by atoms with van der Waals surface area (Å²) in [7, 11) is 0. The SMILES string of the molecule is Cc1cc(N2CCN([C@@H](C)C(=O)Nc3ccc(F)cc3Cl)CC2)nc(C(C)C)n1. The molecule has 0 bridgehead atoms. The van der Waals surface area contributed by atoms with Crippen LogP contribution in [0.5, 0.6) is 0 Å². The summed E-state index contributed by atoms with van der Waals surface area (Å²) >= 11 is 6.01. The Morgan fingerprint density at radius 3 is 2.45 bits per heavy atom. The van der Waals surface area contributed by atoms with E-state index in [0.717, 1.165) is 43.5 Å². The van der Waals surface area contributed by atoms with Crippen molar-refractivity contribution in [1.29, 1.82) is 0 Å². The third-order valence-corrected chi connectivity index (χ3v) is 5.44. The number of anilines is 2. The molecule has 1 aliphatic heterocycles. The van der Waals surface area contributed by atoms with Crippen molar-refractivity contribution in [2.45, 2.75) is 39.7 Å². The van der Waals surface area contributed by atoms with Gasteiger partial charge in [-0.3, -0.25) is 9.69 Å². The molecule has 8 heteroatoms. The molecule has 2 aromatic rings. The molecule has 0 saturated carbocycles. The highest BCUT2D eigenvalue weighted by Crippen LogP contribution is 2.23. The number of aromatic nitrogens is 2. The Bertz CT molecular complexity index is 883. The molecule has 29 heavy (non-hydrogen) atoms. The number of halogens is 2. The number of nitrogens with one attached hydrogen (secondary N) is 1. The highest BCUT2D eigenvalue weighted by atomic mass is 35.5. The Balaban J connectivity index is 1.60. The third-order valence-electron chi connectivity index (χ3n) is 5.13. The molecule has 0 aliphatic carbocycles. The minimum absolute atomic E-state index is 0.160. The third kappa shape index (κ3) is 5.22. The Morgan fingerprint density at radius 2 is 1.83 bits per heavy atom. The van der Waals surface area contributed by atoms with Crippen molar-refractivity contribution in [3.05, 3.63) is 46.6 Å². The van der Waals surface area contributed by atoms with Crippen LogP contribution in [-0.4, -0.2) is 53.0 Å². The average molecular weight is 420 g/mol. The van der Waals surface area contributed by atoms with Crippen molar-refractivity contribution < 1.29 is 9.18 Å². The lowest BCUT2D eigenvalue weighted by Gasteiger charge is -2.38. The van der Waals surface area contributed by atoms with Gasteiger partial charge >= 0.3 is 0 Å². The van der Waals surface area contributed by atoms with E-state index in [1.54, 1.807) is 0 Å². The molecule has 2 heterocycles. The summed E-state index contributed by atoms with van der Waals surface area (Å²) in [5, 5.41) is 2.98. The van der Waals surface area contributed by atoms with E-state index in [1.165, 1.54) is 18.2 Å². The first-order valence-electron chi connectivity index (χ1n) is 9.85. The molecule has 1 saturated heterocycles. The number of amides is 1. The molecule has 0 spiro atoms. The number of rotatable bonds is 5. The Kier molecular flexibility index (Phi) is 6.70. The van der Waals surface area contributed by atoms with Crippen LogP contribution in [0.15, 0.2) is 24.3 Å². The molecule has 1 N–H and O–H groups in total. The lowest BCUT2D eigenvalue weighted by Crippen LogP contribution is -2.53. The van der Waals surface area contributed by atoms with Gasteiger partial charge in [0.15, 0.2) is 0 Å². The first-order valence-corrected chi connectivity index (χ1v) is 10.2. The monoisotopic (exact) mass is 419 g/mol. The van der Waals surface area contributed by atoms with Crippen LogP contribution in [0.4, 0.5) is 15.9 Å². The molecule has 1 aromatic carbocycles. The van der Waals surface area contributed by atoms with E-state index < -0.39 is 5.82 Å². The predicted molar refractivity (Wildman–Crippen MR) is 114 cm³/mol. The number of aryl methyl sites for hydroxylation is 1. The second-order valence-electron chi connectivity index (χ2n) is 7.69. The zero-order chi connectivity index (χ0) is 21.1. The summed E-state index contributed by atoms with van der Waals surface area (Å²) in [6, 6.07) is 5.63. The molecule has 6 nitrogen and oxygen atoms in total. The summed E-state index contributed by atoms with van der Waals surface area (Å²) in [5.74, 6) is 1.48. The van der Waals surface area contributed by atoms with Crippen LogP contribution in [0.2, 0.25) is 5.02 Å². The summed E-state index contributed by atoms with van der Waals surface area (Å²) in [6.07, 6.45) is 0. The summed E-state index contributed by atoms with van der Waals surface area (Å²) < 4.78 is 13.2. The van der Waals surface area contributed by atoms with Crippen molar-refractivity contribution in [2.24, 2.45) is 0 Å². The van der Waals surface area contributed by atoms with E-state index in [-0.39, 0.29) is 22.9 Å². The number of hydrogen-bond acceptors (Lipinski definition) is 5. The molecule has 1 aromatic heterocycles. The van der Waals surface area contributed by atoms with Gasteiger partial charge in [-0.1, -0.05) is 25.4 Å². The quantitative estimate of drug-likeness (QED) is 0.797. The van der Waals surface area contributed by atoms with E-state index in [1.807, 2.05) is 19.9 Å². The van der Waals surface area contributed by atoms with Gasteiger partial charge in [0.25, 0.3) is 0 Å². The van der Waals surface area contributed by atoms with E-state index >= 15 is 0 Å². The van der Waals surface area contributed by atoms with Gasteiger partial charge in [0.2, 0.25) is 5.91 Å². The lowest BCUT2D eigenvalue weighted by molar-refractivity contribution is -0.120. The van der Waals surface area contributed by atoms with Crippen LogP contribution in [0, 0.1) is 12.7 Å². The molecule has 1 fully saturated rings. The summed E-state index contributed by atoms with van der Waals surface area (Å²) in [5.41, 5.74) is 1.38. The number of carbonyl (C=O) groups excluding carboxylic acids is 1. The average Bonchev–Trinajstić information content (AvgIpc) is 2.69. The normalized spacial score (nSPS) is 16.2. The number of nitrogens with zero attached hydrogens (tertiary/aromatic N) is 4. The van der Waals surface area contributed by atoms with E-state index in [2.05, 4.69) is 33.9 Å². The second-order valence-corrected chi connectivity index (χ2v) is 8.10. The molecule has 3 rings (SSSR count). The van der Waals surface area contributed by atoms with Gasteiger partial charge in [-0.05, 0) is 32.0 Å². The number of piperazine rings is 1. The fourth-order valence-electron chi connectivity index (χ4n) is 3.33. The minimum Gasteiger partial charge on any atom is -0.354 e. The zero-order valence-corrected chi connectivity index (χ0v) is 18.0. The Morgan fingerprint density at radius 1 is 1.14 bits per heavy atom. The van der Waals surface area contributed by atoms with Crippen LogP contribution in [0.1, 0.15) is 38.2 Å². The molecule has 1 amide bonds. The maximum atomic E-state index is 13.2. The van der Waals surface area contributed by atoms with Crippen LogP contribution in [-0.2, 0) is 4.79 Å². The molecule has 156 valence electrons. The number of hydrogen-bond donors (Lipinski definition) is 1. The molecular weight excluding hydrogens is 393 g/mol. The lowest BCUT2D eigenvalue weighted by atomic mass is 10.2. The van der Waals surface area contributed by atoms with Crippen molar-refractivity contribution >= 4 is 29.0 Å². The second kappa shape index (κ2) is 9.05. The van der Waals surface area contributed by atoms with Crippen LogP contribution in [0.3, 0.4) is 0 Å². The standard InChI is InChI=1S/C21H27ClFN5O/c1-13(2)20-24-14(3)11-19(26-20)28-9-7-27(8-10-28)15(4)21(29)25-18-6-5-16(23)12-17(18)22/h5-6,11-13,15H,7-10H2,1-4H3,(H,25,29)/t15-/m0/s1. The van der Waals surface area contributed by atoms with Crippen molar-refractivity contribution in [1.82, 2.24) is 14.9 Å². The van der Waals surface area contributed by atoms with E-state index in [0.29, 0.717) is 5.69 Å². The minimum atomic E-state index is -0.433. The van der Waals surface area contributed by atoms with Gasteiger partial charge in [-0.15, -0.1) is 0 Å². The Labute approximate surface area is 176 Å². The number of carbonyl (C=O) groups is 1. The molecule has 0 radical (unpaired) electrons. The van der Waals surface area contributed by atoms with Gasteiger partial charge in [-0.25, -0.2) is 14.4 Å². The number of benzene rings is 1. The van der Waals surface area contributed by atoms with Gasteiger partial charge < -0.3 is 10.2 Å². The first kappa shape index (κ1) is 21.5. The largest absolute Gasteiger partial charge is 0.354 e. The van der Waals surface area contributed by atoms with Crippen molar-refractivity contribution in [3.63, 3.8) is 0 Å². The van der Waals surface area contributed by atoms with Gasteiger partial charge in [0, 0.05) is 43.9 Å². The highest BCUT2D eigenvalue weighted by Gasteiger charge is 2.27. The molecule has 1 aliphatic rings. The fraction of sp³-hybridized carbons (Fsp3) is 0.476. The van der Waals surface area contributed by atoms with Crippen molar-refractivity contribution in [2.75, 3.05) is 36.4 Å². The molecule has 1 atom stereocenters. The maximum Gasteiger partial charge on any atom is 0.241 e. The van der Waals surface area contributed by atoms with Crippen LogP contribution in [0.25, 0.3) is 0 Å². The van der Waals surface area contributed by atoms with E-state index in [9.17, 15) is 9.18 Å². The predicted octanol–water partition coefficient (Wildman–Crippen LogP) is 3.85. The van der Waals surface area contributed by atoms with Crippen LogP contribution >= 0.6 is 11.6 Å². The Hall–Kier alpha value is -2.25. The van der Waals surface area contributed by atoms with Crippen LogP contribution < -0.4 is 10.2 Å². The van der Waals surface area contributed by atoms with Gasteiger partial charge in [0.05, 0.1) is 16.8 Å². The summed E-state index contributed by atoms with van der Waals surface area (Å²) in [4.78, 5) is 26.2. The van der Waals surface area contributed by atoms with Gasteiger partial charge in [-0.2, -0.15) is 0 Å². The maximum absolute atomic E-state index is 13.2. The summed E-state index contributed by atoms with van der Waals surface area (Å²) in [6.45, 7) is 11.1. The van der Waals surface area contributed by atoms with Crippen molar-refractivity contribution in [3.8, 4) is 0 Å². The fourth-order valence-corrected chi connectivity index (χ4v) is 3.54. The zero-order valence-electron chi connectivity index (χ0n) is 17.2. The molecular formula is C21H27ClFN5O. The van der Waals surface area contributed by atoms with E-state index in [4.69, 9.17) is 16.6 Å². The molecule has 0 unspecified atom stereocenters. The van der Waals surface area contributed by atoms with Gasteiger partial charge in [0.1, 0.15) is 17.5 Å². The first-order chi connectivity index (χ1) is 13.7. The topological polar surface area (TPSA) is 61.4 Å². The highest BCUT2D eigenvalue weighted by molar-refractivity contribution is 6.33. The smallest absolute Gasteiger partial charge is 0.241 e.